The first kappa shape index (κ1) is 28.7. The van der Waals surface area contributed by atoms with E-state index < -0.39 is 10.1 Å². The second-order valence-corrected chi connectivity index (χ2v) is 11.4. The number of nitriles is 1. The van der Waals surface area contributed by atoms with Crippen molar-refractivity contribution in [2.75, 3.05) is 26.2 Å². The van der Waals surface area contributed by atoms with E-state index in [1.807, 2.05) is 23.1 Å². The second kappa shape index (κ2) is 14.2. The number of nitrogens with zero attached hydrogens (tertiary/aromatic N) is 3. The first-order valence-electron chi connectivity index (χ1n) is 13.4. The zero-order valence-corrected chi connectivity index (χ0v) is 22.9. The van der Waals surface area contributed by atoms with Gasteiger partial charge in [0, 0.05) is 25.6 Å². The van der Waals surface area contributed by atoms with Gasteiger partial charge in [-0.05, 0) is 100 Å². The molecule has 37 heavy (non-hydrogen) atoms. The maximum absolute atomic E-state index is 12.6. The van der Waals surface area contributed by atoms with Gasteiger partial charge in [-0.2, -0.15) is 13.7 Å². The largest absolute Gasteiger partial charge is 0.379 e. The van der Waals surface area contributed by atoms with E-state index in [-0.39, 0.29) is 10.6 Å². The number of unbranched alkanes of at least 4 members (excludes halogenated alkanes) is 1. The number of hydrogen-bond acceptors (Lipinski definition) is 6. The first-order chi connectivity index (χ1) is 17.8. The van der Waals surface area contributed by atoms with Gasteiger partial charge in [0.25, 0.3) is 0 Å². The fourth-order valence-corrected chi connectivity index (χ4v) is 5.68. The van der Waals surface area contributed by atoms with Crippen LogP contribution in [0.15, 0.2) is 53.4 Å². The van der Waals surface area contributed by atoms with Crippen molar-refractivity contribution in [1.29, 1.82) is 5.26 Å². The lowest BCUT2D eigenvalue weighted by Crippen LogP contribution is -2.37. The summed E-state index contributed by atoms with van der Waals surface area (Å²) in [7, 11) is -3.96. The zero-order valence-electron chi connectivity index (χ0n) is 22.1. The highest BCUT2D eigenvalue weighted by atomic mass is 32.2. The Morgan fingerprint density at radius 3 is 2.43 bits per heavy atom. The monoisotopic (exact) mass is 525 g/mol. The van der Waals surface area contributed by atoms with Gasteiger partial charge >= 0.3 is 10.1 Å². The number of likely N-dealkylation sites (tertiary alicyclic amines) is 1. The van der Waals surface area contributed by atoms with Crippen molar-refractivity contribution in [3.05, 3.63) is 59.7 Å². The standard InChI is InChI=1S/C29H39N3O4S/c1-3-18-31(19-7-8-21-32-20-6-4-5-9-29(32)33)24(2)22-25-10-14-27(15-11-25)36-37(34,35)28-16-12-26(23-30)13-17-28/h10-17,24H,3-9,18-22H2,1-2H3. The van der Waals surface area contributed by atoms with Gasteiger partial charge in [-0.25, -0.2) is 0 Å². The van der Waals surface area contributed by atoms with Gasteiger partial charge in [0.1, 0.15) is 10.6 Å². The van der Waals surface area contributed by atoms with Crippen molar-refractivity contribution in [2.24, 2.45) is 0 Å². The Balaban J connectivity index is 1.50. The maximum Gasteiger partial charge on any atom is 0.339 e. The summed E-state index contributed by atoms with van der Waals surface area (Å²) in [4.78, 5) is 16.8. The maximum atomic E-state index is 12.6. The minimum Gasteiger partial charge on any atom is -0.379 e. The molecule has 200 valence electrons. The summed E-state index contributed by atoms with van der Waals surface area (Å²) in [6.07, 6.45) is 8.02. The molecule has 3 rings (SSSR count). The summed E-state index contributed by atoms with van der Waals surface area (Å²) >= 11 is 0. The molecule has 0 radical (unpaired) electrons. The first-order valence-corrected chi connectivity index (χ1v) is 14.8. The van der Waals surface area contributed by atoms with Gasteiger partial charge in [0.05, 0.1) is 11.6 Å². The van der Waals surface area contributed by atoms with Crippen LogP contribution in [0.1, 0.15) is 69.9 Å². The van der Waals surface area contributed by atoms with Crippen LogP contribution in [0.25, 0.3) is 0 Å². The number of rotatable bonds is 13. The summed E-state index contributed by atoms with van der Waals surface area (Å²) in [6.45, 7) is 8.21. The van der Waals surface area contributed by atoms with Crippen molar-refractivity contribution in [3.63, 3.8) is 0 Å². The summed E-state index contributed by atoms with van der Waals surface area (Å²) in [6, 6.07) is 15.2. The molecule has 1 saturated heterocycles. The Kier molecular flexibility index (Phi) is 11.0. The predicted octanol–water partition coefficient (Wildman–Crippen LogP) is 5.15. The molecule has 1 unspecified atom stereocenters. The van der Waals surface area contributed by atoms with E-state index in [1.165, 1.54) is 24.3 Å². The van der Waals surface area contributed by atoms with Crippen molar-refractivity contribution in [2.45, 2.75) is 76.2 Å². The molecule has 1 atom stereocenters. The topological polar surface area (TPSA) is 90.7 Å². The van der Waals surface area contributed by atoms with Crippen LogP contribution in [0, 0.1) is 11.3 Å². The third kappa shape index (κ3) is 8.87. The van der Waals surface area contributed by atoms with Crippen LogP contribution in [-0.2, 0) is 21.3 Å². The lowest BCUT2D eigenvalue weighted by Gasteiger charge is -2.29. The average molecular weight is 526 g/mol. The van der Waals surface area contributed by atoms with Gasteiger partial charge in [0.2, 0.25) is 5.91 Å². The van der Waals surface area contributed by atoms with Crippen LogP contribution in [0.3, 0.4) is 0 Å². The molecule has 0 spiro atoms. The molecule has 7 nitrogen and oxygen atoms in total. The fourth-order valence-electron chi connectivity index (χ4n) is 4.75. The lowest BCUT2D eigenvalue weighted by atomic mass is 10.0. The van der Waals surface area contributed by atoms with Crippen LogP contribution < -0.4 is 4.18 Å². The normalized spacial score (nSPS) is 15.3. The van der Waals surface area contributed by atoms with Gasteiger partial charge in [-0.15, -0.1) is 0 Å². The molecular weight excluding hydrogens is 486 g/mol. The SMILES string of the molecule is CCCN(CCCCN1CCCCCC1=O)C(C)Cc1ccc(OS(=O)(=O)c2ccc(C#N)cc2)cc1. The Labute approximate surface area is 222 Å². The predicted molar refractivity (Wildman–Crippen MR) is 145 cm³/mol. The van der Waals surface area contributed by atoms with Gasteiger partial charge in [-0.3, -0.25) is 4.79 Å². The molecule has 0 bridgehead atoms. The molecule has 1 aliphatic rings. The molecule has 1 amide bonds. The Morgan fingerprint density at radius 2 is 1.76 bits per heavy atom. The van der Waals surface area contributed by atoms with Gasteiger partial charge in [-0.1, -0.05) is 25.5 Å². The Hall–Kier alpha value is -2.89. The lowest BCUT2D eigenvalue weighted by molar-refractivity contribution is -0.130. The number of benzene rings is 2. The third-order valence-corrected chi connectivity index (χ3v) is 8.12. The quantitative estimate of drug-likeness (QED) is 0.265. The minimum absolute atomic E-state index is 0.0135. The van der Waals surface area contributed by atoms with Crippen molar-refractivity contribution < 1.29 is 17.4 Å². The zero-order chi connectivity index (χ0) is 26.7. The molecule has 1 fully saturated rings. The minimum atomic E-state index is -3.96. The number of hydrogen-bond donors (Lipinski definition) is 0. The molecule has 8 heteroatoms. The van der Waals surface area contributed by atoms with E-state index in [0.29, 0.717) is 23.9 Å². The van der Waals surface area contributed by atoms with Crippen LogP contribution >= 0.6 is 0 Å². The van der Waals surface area contributed by atoms with E-state index in [0.717, 1.165) is 76.7 Å². The molecule has 0 aromatic heterocycles. The molecule has 0 saturated carbocycles. The highest BCUT2D eigenvalue weighted by Crippen LogP contribution is 2.21. The molecule has 1 heterocycles. The summed E-state index contributed by atoms with van der Waals surface area (Å²) in [5.41, 5.74) is 1.51. The average Bonchev–Trinajstić information content (AvgIpc) is 3.10. The third-order valence-electron chi connectivity index (χ3n) is 6.86. The van der Waals surface area contributed by atoms with Crippen LogP contribution in [0.4, 0.5) is 0 Å². The van der Waals surface area contributed by atoms with E-state index in [1.54, 1.807) is 12.1 Å². The van der Waals surface area contributed by atoms with Crippen LogP contribution in [0.2, 0.25) is 0 Å². The molecule has 2 aromatic rings. The van der Waals surface area contributed by atoms with Crippen molar-refractivity contribution >= 4 is 16.0 Å². The Morgan fingerprint density at radius 1 is 1.03 bits per heavy atom. The Bertz CT molecular complexity index is 1140. The molecule has 0 N–H and O–H groups in total. The molecule has 1 aliphatic heterocycles. The second-order valence-electron chi connectivity index (χ2n) is 9.81. The van der Waals surface area contributed by atoms with E-state index in [4.69, 9.17) is 9.44 Å². The number of amides is 1. The van der Waals surface area contributed by atoms with E-state index >= 15 is 0 Å². The van der Waals surface area contributed by atoms with Crippen LogP contribution in [0.5, 0.6) is 5.75 Å². The van der Waals surface area contributed by atoms with Gasteiger partial charge < -0.3 is 14.0 Å². The fraction of sp³-hybridized carbons (Fsp3) is 0.517. The van der Waals surface area contributed by atoms with Crippen LogP contribution in [-0.4, -0.2) is 56.3 Å². The molecular formula is C29H39N3O4S. The van der Waals surface area contributed by atoms with E-state index in [2.05, 4.69) is 18.7 Å². The summed E-state index contributed by atoms with van der Waals surface area (Å²) in [5, 5.41) is 8.89. The van der Waals surface area contributed by atoms with Gasteiger partial charge in [0.15, 0.2) is 0 Å². The summed E-state index contributed by atoms with van der Waals surface area (Å²) < 4.78 is 30.4. The highest BCUT2D eigenvalue weighted by molar-refractivity contribution is 7.87. The van der Waals surface area contributed by atoms with Crippen molar-refractivity contribution in [3.8, 4) is 11.8 Å². The number of carbonyl (C=O) groups is 1. The highest BCUT2D eigenvalue weighted by Gasteiger charge is 2.19. The van der Waals surface area contributed by atoms with E-state index in [9.17, 15) is 13.2 Å². The molecule has 0 aliphatic carbocycles. The smallest absolute Gasteiger partial charge is 0.339 e. The van der Waals surface area contributed by atoms with Crippen molar-refractivity contribution in [1.82, 2.24) is 9.80 Å². The molecule has 2 aromatic carbocycles. The summed E-state index contributed by atoms with van der Waals surface area (Å²) in [5.74, 6) is 0.572. The number of carbonyl (C=O) groups excluding carboxylic acids is 1.